The van der Waals surface area contributed by atoms with Crippen molar-refractivity contribution in [3.8, 4) is 0 Å². The third-order valence-electron chi connectivity index (χ3n) is 3.80. The summed E-state index contributed by atoms with van der Waals surface area (Å²) in [7, 11) is -4.12. The molecule has 0 aromatic carbocycles. The van der Waals surface area contributed by atoms with Gasteiger partial charge in [-0.05, 0) is 11.6 Å². The molecule has 0 amide bonds. The Morgan fingerprint density at radius 3 is 2.00 bits per heavy atom. The van der Waals surface area contributed by atoms with E-state index in [1.807, 2.05) is 0 Å². The number of aliphatic hydroxyl groups excluding tert-OH is 1. The lowest BCUT2D eigenvalue weighted by atomic mass is 9.91. The zero-order valence-electron chi connectivity index (χ0n) is 17.1. The number of hydrogen-bond acceptors (Lipinski definition) is 10. The molecule has 0 aromatic rings. The molecular formula is C19H27O10P. The summed E-state index contributed by atoms with van der Waals surface area (Å²) in [6, 6.07) is 0. The minimum atomic E-state index is -4.12. The molecule has 0 fully saturated rings. The minimum Gasteiger partial charge on any atom is -0.458 e. The Labute approximate surface area is 175 Å². The van der Waals surface area contributed by atoms with Crippen molar-refractivity contribution in [2.75, 3.05) is 13.2 Å². The van der Waals surface area contributed by atoms with Gasteiger partial charge in [-0.15, -0.1) is 13.2 Å². The Kier molecular flexibility index (Phi) is 10.1. The Balaban J connectivity index is 3.36. The molecule has 1 rings (SSSR count). The molecule has 0 aliphatic heterocycles. The van der Waals surface area contributed by atoms with E-state index in [0.29, 0.717) is 0 Å². The fourth-order valence-electron chi connectivity index (χ4n) is 2.77. The van der Waals surface area contributed by atoms with Gasteiger partial charge in [-0.1, -0.05) is 12.2 Å². The second-order valence-electron chi connectivity index (χ2n) is 6.32. The molecule has 0 saturated carbocycles. The summed E-state index contributed by atoms with van der Waals surface area (Å²) < 4.78 is 39.1. The maximum Gasteiger partial charge on any atom is 0.363 e. The highest BCUT2D eigenvalue weighted by atomic mass is 31.2. The summed E-state index contributed by atoms with van der Waals surface area (Å²) in [5.74, 6) is -3.86. The van der Waals surface area contributed by atoms with Crippen LogP contribution in [-0.4, -0.2) is 60.4 Å². The van der Waals surface area contributed by atoms with E-state index in [-0.39, 0.29) is 25.2 Å². The normalized spacial score (nSPS) is 22.3. The zero-order chi connectivity index (χ0) is 22.9. The summed E-state index contributed by atoms with van der Waals surface area (Å²) in [6.45, 7) is 10.0. The highest BCUT2D eigenvalue weighted by Gasteiger charge is 2.45. The van der Waals surface area contributed by atoms with E-state index in [1.165, 1.54) is 18.2 Å². The zero-order valence-corrected chi connectivity index (χ0v) is 18.0. The number of carbonyl (C=O) groups is 3. The maximum absolute atomic E-state index is 13.1. The van der Waals surface area contributed by atoms with Crippen LogP contribution in [0.15, 0.2) is 37.0 Å². The summed E-state index contributed by atoms with van der Waals surface area (Å²) in [6.07, 6.45) is 0.279. The number of aliphatic hydroxyl groups is 1. The topological polar surface area (TPSA) is 135 Å². The van der Waals surface area contributed by atoms with Gasteiger partial charge in [-0.3, -0.25) is 18.9 Å². The average molecular weight is 446 g/mol. The highest BCUT2D eigenvalue weighted by Crippen LogP contribution is 2.55. The van der Waals surface area contributed by atoms with Crippen LogP contribution in [0.4, 0.5) is 0 Å². The summed E-state index contributed by atoms with van der Waals surface area (Å²) >= 11 is 0. The molecule has 11 heteroatoms. The number of esters is 3. The Morgan fingerprint density at radius 1 is 1.07 bits per heavy atom. The molecule has 0 spiro atoms. The van der Waals surface area contributed by atoms with Gasteiger partial charge in [0, 0.05) is 27.2 Å². The molecular weight excluding hydrogens is 419 g/mol. The van der Waals surface area contributed by atoms with Crippen LogP contribution in [0.2, 0.25) is 0 Å². The predicted octanol–water partition coefficient (Wildman–Crippen LogP) is 2.03. The first-order valence-electron chi connectivity index (χ1n) is 9.05. The molecule has 1 aliphatic rings. The molecule has 0 saturated heterocycles. The van der Waals surface area contributed by atoms with Crippen molar-refractivity contribution < 1.29 is 47.3 Å². The molecule has 30 heavy (non-hydrogen) atoms. The lowest BCUT2D eigenvalue weighted by Crippen LogP contribution is -2.48. The van der Waals surface area contributed by atoms with Crippen LogP contribution in [0.5, 0.6) is 0 Å². The molecule has 1 N–H and O–H groups in total. The smallest absolute Gasteiger partial charge is 0.363 e. The largest absolute Gasteiger partial charge is 0.458 e. The van der Waals surface area contributed by atoms with Crippen molar-refractivity contribution in [1.29, 1.82) is 0 Å². The third-order valence-corrected chi connectivity index (χ3v) is 5.75. The molecule has 0 unspecified atom stereocenters. The van der Waals surface area contributed by atoms with E-state index < -0.39 is 49.7 Å². The van der Waals surface area contributed by atoms with Crippen LogP contribution < -0.4 is 0 Å². The van der Waals surface area contributed by atoms with E-state index >= 15 is 0 Å². The lowest BCUT2D eigenvalue weighted by molar-refractivity contribution is -0.180. The minimum absolute atomic E-state index is 0.0624. The quantitative estimate of drug-likeness (QED) is 0.217. The second-order valence-corrected chi connectivity index (χ2v) is 8.41. The third kappa shape index (κ3) is 7.53. The van der Waals surface area contributed by atoms with Gasteiger partial charge in [0.15, 0.2) is 18.1 Å². The van der Waals surface area contributed by atoms with Crippen LogP contribution in [-0.2, 0) is 42.2 Å². The Morgan fingerprint density at radius 2 is 1.57 bits per heavy atom. The number of carbonyl (C=O) groups excluding carboxylic acids is 3. The van der Waals surface area contributed by atoms with Crippen LogP contribution in [0.25, 0.3) is 0 Å². The number of rotatable bonds is 11. The van der Waals surface area contributed by atoms with E-state index in [4.69, 9.17) is 23.3 Å². The van der Waals surface area contributed by atoms with Crippen molar-refractivity contribution in [3.63, 3.8) is 0 Å². The Bertz CT molecular complexity index is 728. The first-order valence-corrected chi connectivity index (χ1v) is 10.7. The fourth-order valence-corrected chi connectivity index (χ4v) is 4.35. The van der Waals surface area contributed by atoms with Crippen molar-refractivity contribution in [2.45, 2.75) is 51.3 Å². The van der Waals surface area contributed by atoms with E-state index in [0.717, 1.165) is 20.8 Å². The average Bonchev–Trinajstić information content (AvgIpc) is 2.65. The molecule has 10 nitrogen and oxygen atoms in total. The van der Waals surface area contributed by atoms with E-state index in [9.17, 15) is 24.1 Å². The monoisotopic (exact) mass is 446 g/mol. The van der Waals surface area contributed by atoms with Gasteiger partial charge in [0.05, 0.1) is 13.2 Å². The SMILES string of the molecule is C=CCOP(=O)(OCC=C)[C@H](O)C1=C[C@@H](OC(C)=O)[C@H](OC(C)=O)[C@H](OC(C)=O)C1. The highest BCUT2D eigenvalue weighted by molar-refractivity contribution is 7.54. The van der Waals surface area contributed by atoms with Gasteiger partial charge < -0.3 is 28.4 Å². The van der Waals surface area contributed by atoms with Crippen molar-refractivity contribution in [3.05, 3.63) is 37.0 Å². The lowest BCUT2D eigenvalue weighted by Gasteiger charge is -2.36. The molecule has 0 radical (unpaired) electrons. The first kappa shape index (κ1) is 25.8. The maximum atomic E-state index is 13.1. The molecule has 1 aliphatic carbocycles. The number of hydrogen-bond donors (Lipinski definition) is 1. The Hall–Kier alpha value is -2.26. The van der Waals surface area contributed by atoms with Gasteiger partial charge >= 0.3 is 25.5 Å². The summed E-state index contributed by atoms with van der Waals surface area (Å²) in [4.78, 5) is 34.6. The number of ether oxygens (including phenoxy) is 3. The van der Waals surface area contributed by atoms with Crippen molar-refractivity contribution in [2.24, 2.45) is 0 Å². The summed E-state index contributed by atoms with van der Waals surface area (Å²) in [5, 5.41) is 10.8. The molecule has 0 bridgehead atoms. The van der Waals surface area contributed by atoms with Crippen LogP contribution >= 0.6 is 7.60 Å². The van der Waals surface area contributed by atoms with Gasteiger partial charge in [-0.2, -0.15) is 0 Å². The van der Waals surface area contributed by atoms with Gasteiger partial charge in [0.25, 0.3) is 0 Å². The molecule has 4 atom stereocenters. The first-order chi connectivity index (χ1) is 14.0. The summed E-state index contributed by atoms with van der Waals surface area (Å²) in [5.41, 5.74) is 0.0624. The van der Waals surface area contributed by atoms with E-state index in [2.05, 4.69) is 13.2 Å². The molecule has 0 heterocycles. The van der Waals surface area contributed by atoms with Gasteiger partial charge in [0.1, 0.15) is 6.10 Å². The standard InChI is InChI=1S/C19H27O10P/c1-6-8-25-30(24,26-9-7-2)19(23)15-10-16(27-12(3)20)18(29-14(5)22)17(11-15)28-13(4)21/h6-7,10,16-19,23H,1-2,8-9,11H2,3-5H3/t16-,17-,18+,19+/m1/s1. The molecule has 168 valence electrons. The van der Waals surface area contributed by atoms with Crippen molar-refractivity contribution >= 4 is 25.5 Å². The predicted molar refractivity (Wildman–Crippen MR) is 105 cm³/mol. The van der Waals surface area contributed by atoms with Crippen molar-refractivity contribution in [1.82, 2.24) is 0 Å². The van der Waals surface area contributed by atoms with Crippen LogP contribution in [0, 0.1) is 0 Å². The van der Waals surface area contributed by atoms with E-state index in [1.54, 1.807) is 0 Å². The van der Waals surface area contributed by atoms with Gasteiger partial charge in [0.2, 0.25) is 0 Å². The molecule has 0 aromatic heterocycles. The van der Waals surface area contributed by atoms with Gasteiger partial charge in [-0.25, -0.2) is 0 Å². The second kappa shape index (κ2) is 11.8. The van der Waals surface area contributed by atoms with Crippen LogP contribution in [0.3, 0.4) is 0 Å². The van der Waals surface area contributed by atoms with Crippen LogP contribution in [0.1, 0.15) is 27.2 Å². The fraction of sp³-hybridized carbons (Fsp3) is 0.526.